The minimum Gasteiger partial charge on any atom is -0.497 e. The largest absolute Gasteiger partial charge is 0.497 e. The lowest BCUT2D eigenvalue weighted by Crippen LogP contribution is -2.22. The van der Waals surface area contributed by atoms with Crippen molar-refractivity contribution in [1.82, 2.24) is 9.78 Å². The molecule has 0 aliphatic rings. The summed E-state index contributed by atoms with van der Waals surface area (Å²) in [5.41, 5.74) is 1.55. The lowest BCUT2D eigenvalue weighted by molar-refractivity contribution is -0.119. The van der Waals surface area contributed by atoms with Crippen LogP contribution in [-0.2, 0) is 9.53 Å². The standard InChI is InChI=1S/C20H18FN3O4/c1-13-11-18(24(23-13)16-7-5-15(21)6-8-16)22-19(25)12-28-20(26)14-3-9-17(27-2)10-4-14/h3-11H,12H2,1-2H3,(H,22,25). The van der Waals surface area contributed by atoms with E-state index in [1.54, 1.807) is 49.4 Å². The van der Waals surface area contributed by atoms with Gasteiger partial charge in [0.05, 0.1) is 24.1 Å². The van der Waals surface area contributed by atoms with E-state index in [-0.39, 0.29) is 5.82 Å². The van der Waals surface area contributed by atoms with Gasteiger partial charge >= 0.3 is 5.97 Å². The van der Waals surface area contributed by atoms with Gasteiger partial charge < -0.3 is 14.8 Å². The summed E-state index contributed by atoms with van der Waals surface area (Å²) in [5, 5.41) is 6.92. The first-order valence-electron chi connectivity index (χ1n) is 8.40. The smallest absolute Gasteiger partial charge is 0.338 e. The summed E-state index contributed by atoms with van der Waals surface area (Å²) in [6.45, 7) is 1.30. The molecular weight excluding hydrogens is 365 g/mol. The van der Waals surface area contributed by atoms with Crippen LogP contribution in [0.4, 0.5) is 10.2 Å². The van der Waals surface area contributed by atoms with Gasteiger partial charge in [0.2, 0.25) is 0 Å². The van der Waals surface area contributed by atoms with E-state index in [0.717, 1.165) is 0 Å². The number of hydrogen-bond donors (Lipinski definition) is 1. The van der Waals surface area contributed by atoms with Crippen molar-refractivity contribution in [3.63, 3.8) is 0 Å². The molecule has 7 nitrogen and oxygen atoms in total. The average Bonchev–Trinajstić information content (AvgIpc) is 3.06. The topological polar surface area (TPSA) is 82.4 Å². The van der Waals surface area contributed by atoms with E-state index >= 15 is 0 Å². The normalized spacial score (nSPS) is 10.4. The highest BCUT2D eigenvalue weighted by molar-refractivity contribution is 5.95. The predicted octanol–water partition coefficient (Wildman–Crippen LogP) is 3.12. The third-order valence-corrected chi connectivity index (χ3v) is 3.83. The summed E-state index contributed by atoms with van der Waals surface area (Å²) in [4.78, 5) is 24.2. The van der Waals surface area contributed by atoms with Gasteiger partial charge in [-0.1, -0.05) is 0 Å². The van der Waals surface area contributed by atoms with Gasteiger partial charge in [-0.05, 0) is 55.5 Å². The number of aromatic nitrogens is 2. The molecule has 144 valence electrons. The summed E-state index contributed by atoms with van der Waals surface area (Å²) >= 11 is 0. The lowest BCUT2D eigenvalue weighted by atomic mass is 10.2. The maximum atomic E-state index is 13.1. The summed E-state index contributed by atoms with van der Waals surface area (Å²) in [7, 11) is 1.52. The van der Waals surface area contributed by atoms with Gasteiger partial charge in [-0.3, -0.25) is 4.79 Å². The zero-order chi connectivity index (χ0) is 20.1. The Labute approximate surface area is 160 Å². The van der Waals surface area contributed by atoms with Crippen LogP contribution in [0.3, 0.4) is 0 Å². The Balaban J connectivity index is 1.63. The number of carbonyl (C=O) groups is 2. The first-order valence-corrected chi connectivity index (χ1v) is 8.40. The molecule has 0 saturated carbocycles. The quantitative estimate of drug-likeness (QED) is 0.662. The van der Waals surface area contributed by atoms with Crippen LogP contribution in [0, 0.1) is 12.7 Å². The van der Waals surface area contributed by atoms with Gasteiger partial charge in [-0.2, -0.15) is 5.10 Å². The Bertz CT molecular complexity index is 982. The molecule has 1 amide bonds. The number of halogens is 1. The molecule has 3 rings (SSSR count). The number of esters is 1. The van der Waals surface area contributed by atoms with Gasteiger partial charge in [-0.25, -0.2) is 13.9 Å². The molecule has 1 heterocycles. The van der Waals surface area contributed by atoms with Crippen LogP contribution in [0.2, 0.25) is 0 Å². The fourth-order valence-electron chi connectivity index (χ4n) is 2.49. The Morgan fingerprint density at radius 1 is 1.11 bits per heavy atom. The molecule has 1 N–H and O–H groups in total. The van der Waals surface area contributed by atoms with Crippen molar-refractivity contribution in [2.24, 2.45) is 0 Å². The van der Waals surface area contributed by atoms with Crippen LogP contribution < -0.4 is 10.1 Å². The number of carbonyl (C=O) groups excluding carboxylic acids is 2. The molecule has 0 unspecified atom stereocenters. The minimum absolute atomic E-state index is 0.306. The summed E-state index contributed by atoms with van der Waals surface area (Å²) < 4.78 is 24.6. The third kappa shape index (κ3) is 4.53. The second-order valence-corrected chi connectivity index (χ2v) is 5.91. The monoisotopic (exact) mass is 383 g/mol. The first kappa shape index (κ1) is 19.1. The number of nitrogens with one attached hydrogen (secondary N) is 1. The Kier molecular flexibility index (Phi) is 5.69. The van der Waals surface area contributed by atoms with Gasteiger partial charge in [0, 0.05) is 6.07 Å². The molecule has 2 aromatic carbocycles. The number of ether oxygens (including phenoxy) is 2. The van der Waals surface area contributed by atoms with Crippen molar-refractivity contribution < 1.29 is 23.5 Å². The Morgan fingerprint density at radius 2 is 1.79 bits per heavy atom. The highest BCUT2D eigenvalue weighted by atomic mass is 19.1. The lowest BCUT2D eigenvalue weighted by Gasteiger charge is -2.09. The highest BCUT2D eigenvalue weighted by Crippen LogP contribution is 2.18. The fourth-order valence-corrected chi connectivity index (χ4v) is 2.49. The predicted molar refractivity (Wildman–Crippen MR) is 100 cm³/mol. The van der Waals surface area contributed by atoms with E-state index in [9.17, 15) is 14.0 Å². The second-order valence-electron chi connectivity index (χ2n) is 5.91. The van der Waals surface area contributed by atoms with Crippen LogP contribution in [0.25, 0.3) is 5.69 Å². The third-order valence-electron chi connectivity index (χ3n) is 3.83. The molecule has 0 radical (unpaired) electrons. The molecule has 1 aromatic heterocycles. The number of aryl methyl sites for hydroxylation is 1. The van der Waals surface area contributed by atoms with E-state index in [2.05, 4.69) is 10.4 Å². The van der Waals surface area contributed by atoms with Gasteiger partial charge in [0.25, 0.3) is 5.91 Å². The number of nitrogens with zero attached hydrogens (tertiary/aromatic N) is 2. The maximum Gasteiger partial charge on any atom is 0.338 e. The van der Waals surface area contributed by atoms with Crippen molar-refractivity contribution in [1.29, 1.82) is 0 Å². The van der Waals surface area contributed by atoms with E-state index < -0.39 is 18.5 Å². The number of rotatable bonds is 6. The zero-order valence-electron chi connectivity index (χ0n) is 15.3. The molecule has 0 aliphatic heterocycles. The van der Waals surface area contributed by atoms with Gasteiger partial charge in [0.1, 0.15) is 17.4 Å². The van der Waals surface area contributed by atoms with Crippen molar-refractivity contribution in [3.05, 3.63) is 71.7 Å². The number of benzene rings is 2. The van der Waals surface area contributed by atoms with Crippen LogP contribution >= 0.6 is 0 Å². The molecule has 0 bridgehead atoms. The zero-order valence-corrected chi connectivity index (χ0v) is 15.3. The van der Waals surface area contributed by atoms with Crippen molar-refractivity contribution >= 4 is 17.7 Å². The molecule has 0 aliphatic carbocycles. The van der Waals surface area contributed by atoms with E-state index in [1.807, 2.05) is 0 Å². The Morgan fingerprint density at radius 3 is 2.43 bits per heavy atom. The number of hydrogen-bond acceptors (Lipinski definition) is 5. The molecule has 0 fully saturated rings. The summed E-state index contributed by atoms with van der Waals surface area (Å²) in [6.07, 6.45) is 0. The minimum atomic E-state index is -0.624. The van der Waals surface area contributed by atoms with Crippen molar-refractivity contribution in [3.8, 4) is 11.4 Å². The number of amides is 1. The number of methoxy groups -OCH3 is 1. The molecule has 3 aromatic rings. The molecule has 8 heteroatoms. The first-order chi connectivity index (χ1) is 13.5. The van der Waals surface area contributed by atoms with Gasteiger partial charge in [-0.15, -0.1) is 0 Å². The highest BCUT2D eigenvalue weighted by Gasteiger charge is 2.14. The molecule has 0 saturated heterocycles. The van der Waals surface area contributed by atoms with Crippen LogP contribution in [0.1, 0.15) is 16.1 Å². The van der Waals surface area contributed by atoms with E-state index in [1.165, 1.54) is 23.9 Å². The number of anilines is 1. The molecular formula is C20H18FN3O4. The van der Waals surface area contributed by atoms with E-state index in [4.69, 9.17) is 9.47 Å². The van der Waals surface area contributed by atoms with E-state index in [0.29, 0.717) is 28.5 Å². The van der Waals surface area contributed by atoms with Crippen LogP contribution in [-0.4, -0.2) is 35.4 Å². The second kappa shape index (κ2) is 8.34. The SMILES string of the molecule is COc1ccc(C(=O)OCC(=O)Nc2cc(C)nn2-c2ccc(F)cc2)cc1. The van der Waals surface area contributed by atoms with Crippen LogP contribution in [0.5, 0.6) is 5.75 Å². The molecule has 0 atom stereocenters. The van der Waals surface area contributed by atoms with Gasteiger partial charge in [0.15, 0.2) is 6.61 Å². The van der Waals surface area contributed by atoms with Crippen molar-refractivity contribution in [2.45, 2.75) is 6.92 Å². The Hall–Kier alpha value is -3.68. The average molecular weight is 383 g/mol. The summed E-state index contributed by atoms with van der Waals surface area (Å²) in [6, 6.07) is 13.7. The fraction of sp³-hybridized carbons (Fsp3) is 0.150. The van der Waals surface area contributed by atoms with Crippen molar-refractivity contribution in [2.75, 3.05) is 19.0 Å². The summed E-state index contributed by atoms with van der Waals surface area (Å²) in [5.74, 6) is -0.525. The van der Waals surface area contributed by atoms with Crippen LogP contribution in [0.15, 0.2) is 54.6 Å². The maximum absolute atomic E-state index is 13.1. The molecule has 28 heavy (non-hydrogen) atoms. The molecule has 0 spiro atoms.